The number of hydrogen-bond acceptors (Lipinski definition) is 4. The van der Waals surface area contributed by atoms with Gasteiger partial charge >= 0.3 is 0 Å². The second-order valence-corrected chi connectivity index (χ2v) is 5.68. The van der Waals surface area contributed by atoms with Crippen molar-refractivity contribution in [2.75, 3.05) is 13.1 Å². The number of hydrogen-bond donors (Lipinski definition) is 1. The molecular weight excluding hydrogens is 429 g/mol. The summed E-state index contributed by atoms with van der Waals surface area (Å²) >= 11 is 5.86. The quantitative estimate of drug-likeness (QED) is 0.443. The van der Waals surface area contributed by atoms with Crippen molar-refractivity contribution in [2.24, 2.45) is 10.7 Å². The van der Waals surface area contributed by atoms with Gasteiger partial charge in [-0.05, 0) is 43.5 Å². The molecule has 2 aromatic rings. The fourth-order valence-electron chi connectivity index (χ4n) is 2.41. The maximum absolute atomic E-state index is 6.00. The molecule has 1 aromatic heterocycles. The van der Waals surface area contributed by atoms with Gasteiger partial charge in [-0.3, -0.25) is 0 Å². The zero-order valence-electron chi connectivity index (χ0n) is 12.6. The molecule has 2 N–H and O–H groups in total. The molecule has 0 spiro atoms. The van der Waals surface area contributed by atoms with E-state index in [9.17, 15) is 0 Å². The Kier molecular flexibility index (Phi) is 6.64. The van der Waals surface area contributed by atoms with Crippen LogP contribution in [0.3, 0.4) is 0 Å². The van der Waals surface area contributed by atoms with Crippen molar-refractivity contribution in [1.29, 1.82) is 0 Å². The van der Waals surface area contributed by atoms with Crippen molar-refractivity contribution in [1.82, 2.24) is 15.0 Å². The molecule has 1 aromatic carbocycles. The lowest BCUT2D eigenvalue weighted by Crippen LogP contribution is -2.40. The lowest BCUT2D eigenvalue weighted by Gasteiger charge is -2.27. The van der Waals surface area contributed by atoms with Crippen LogP contribution in [0.5, 0.6) is 0 Å². The van der Waals surface area contributed by atoms with Crippen molar-refractivity contribution < 1.29 is 4.52 Å². The normalized spacial score (nSPS) is 15.3. The maximum atomic E-state index is 6.00. The van der Waals surface area contributed by atoms with Crippen LogP contribution in [0.4, 0.5) is 0 Å². The molecule has 0 amide bonds. The van der Waals surface area contributed by atoms with E-state index in [1.807, 2.05) is 12.1 Å². The molecule has 1 fully saturated rings. The minimum Gasteiger partial charge on any atom is -0.370 e. The van der Waals surface area contributed by atoms with Gasteiger partial charge in [0.05, 0.1) is 0 Å². The van der Waals surface area contributed by atoms with Crippen LogP contribution in [0.25, 0.3) is 11.4 Å². The van der Waals surface area contributed by atoms with Gasteiger partial charge in [-0.25, -0.2) is 4.99 Å². The summed E-state index contributed by atoms with van der Waals surface area (Å²) in [7, 11) is 0. The molecule has 23 heavy (non-hydrogen) atoms. The van der Waals surface area contributed by atoms with E-state index in [0.717, 1.165) is 31.5 Å². The lowest BCUT2D eigenvalue weighted by molar-refractivity contribution is 0.336. The summed E-state index contributed by atoms with van der Waals surface area (Å²) in [6.07, 6.45) is 3.59. The Labute approximate surface area is 157 Å². The Hall–Kier alpha value is -1.35. The van der Waals surface area contributed by atoms with Crippen LogP contribution in [0.1, 0.15) is 25.2 Å². The monoisotopic (exact) mass is 447 g/mol. The molecule has 0 bridgehead atoms. The summed E-state index contributed by atoms with van der Waals surface area (Å²) < 4.78 is 5.21. The van der Waals surface area contributed by atoms with Crippen LogP contribution >= 0.6 is 35.6 Å². The first-order valence-corrected chi connectivity index (χ1v) is 7.73. The predicted octanol–water partition coefficient (Wildman–Crippen LogP) is 3.31. The van der Waals surface area contributed by atoms with E-state index < -0.39 is 0 Å². The standard InChI is InChI=1S/C15H18ClN5O.HI/c16-12-6-4-11(5-7-12)14-19-13(22-20-14)10-18-15(17)21-8-2-1-3-9-21;/h4-7H,1-3,8-10H2,(H2,17,18);1H. The summed E-state index contributed by atoms with van der Waals surface area (Å²) in [6, 6.07) is 7.28. The Morgan fingerprint density at radius 2 is 1.91 bits per heavy atom. The van der Waals surface area contributed by atoms with E-state index in [0.29, 0.717) is 29.2 Å². The van der Waals surface area contributed by atoms with Gasteiger partial charge in [0, 0.05) is 23.7 Å². The SMILES string of the molecule is I.NC(=NCc1nc(-c2ccc(Cl)cc2)no1)N1CCCCC1. The number of halogens is 2. The highest BCUT2D eigenvalue weighted by molar-refractivity contribution is 14.0. The van der Waals surface area contributed by atoms with Gasteiger partial charge in [-0.2, -0.15) is 4.98 Å². The van der Waals surface area contributed by atoms with Crippen LogP contribution < -0.4 is 5.73 Å². The number of nitrogens with two attached hydrogens (primary N) is 1. The van der Waals surface area contributed by atoms with Crippen LogP contribution in [0.2, 0.25) is 5.02 Å². The average Bonchev–Trinajstić information content (AvgIpc) is 3.03. The summed E-state index contributed by atoms with van der Waals surface area (Å²) in [5.74, 6) is 1.52. The van der Waals surface area contributed by atoms with E-state index in [-0.39, 0.29) is 24.0 Å². The van der Waals surface area contributed by atoms with Crippen molar-refractivity contribution in [2.45, 2.75) is 25.8 Å². The van der Waals surface area contributed by atoms with Gasteiger partial charge in [-0.15, -0.1) is 24.0 Å². The number of rotatable bonds is 3. The predicted molar refractivity (Wildman–Crippen MR) is 101 cm³/mol. The fraction of sp³-hybridized carbons (Fsp3) is 0.400. The Morgan fingerprint density at radius 3 is 2.61 bits per heavy atom. The van der Waals surface area contributed by atoms with Crippen molar-refractivity contribution in [3.8, 4) is 11.4 Å². The number of likely N-dealkylation sites (tertiary alicyclic amines) is 1. The van der Waals surface area contributed by atoms with Gasteiger partial charge in [0.25, 0.3) is 0 Å². The molecule has 2 heterocycles. The van der Waals surface area contributed by atoms with Crippen molar-refractivity contribution >= 4 is 41.5 Å². The highest BCUT2D eigenvalue weighted by Gasteiger charge is 2.13. The Balaban J connectivity index is 0.00000192. The molecule has 0 saturated carbocycles. The number of guanidine groups is 1. The fourth-order valence-corrected chi connectivity index (χ4v) is 2.53. The zero-order chi connectivity index (χ0) is 15.4. The molecule has 1 saturated heterocycles. The second kappa shape index (κ2) is 8.49. The minimum absolute atomic E-state index is 0. The highest BCUT2D eigenvalue weighted by Crippen LogP contribution is 2.18. The number of aromatic nitrogens is 2. The zero-order valence-corrected chi connectivity index (χ0v) is 15.7. The molecule has 0 atom stereocenters. The smallest absolute Gasteiger partial charge is 0.248 e. The first-order valence-electron chi connectivity index (χ1n) is 7.36. The average molecular weight is 448 g/mol. The van der Waals surface area contributed by atoms with Gasteiger partial charge in [0.1, 0.15) is 6.54 Å². The highest BCUT2D eigenvalue weighted by atomic mass is 127. The second-order valence-electron chi connectivity index (χ2n) is 5.24. The van der Waals surface area contributed by atoms with Crippen molar-refractivity contribution in [3.63, 3.8) is 0 Å². The number of nitrogens with zero attached hydrogens (tertiary/aromatic N) is 4. The Morgan fingerprint density at radius 1 is 1.22 bits per heavy atom. The van der Waals surface area contributed by atoms with Gasteiger partial charge in [0.15, 0.2) is 5.96 Å². The molecule has 1 aliphatic heterocycles. The number of piperidine rings is 1. The van der Waals surface area contributed by atoms with E-state index >= 15 is 0 Å². The molecule has 124 valence electrons. The topological polar surface area (TPSA) is 80.5 Å². The van der Waals surface area contributed by atoms with Crippen molar-refractivity contribution in [3.05, 3.63) is 35.2 Å². The van der Waals surface area contributed by atoms with Gasteiger partial charge in [-0.1, -0.05) is 16.8 Å². The lowest BCUT2D eigenvalue weighted by atomic mass is 10.1. The first-order chi connectivity index (χ1) is 10.7. The maximum Gasteiger partial charge on any atom is 0.248 e. The van der Waals surface area contributed by atoms with E-state index in [2.05, 4.69) is 20.0 Å². The van der Waals surface area contributed by atoms with E-state index in [1.165, 1.54) is 6.42 Å². The van der Waals surface area contributed by atoms with Crippen LogP contribution in [-0.4, -0.2) is 34.1 Å². The first kappa shape index (κ1) is 18.0. The third kappa shape index (κ3) is 4.81. The van der Waals surface area contributed by atoms with Crippen LogP contribution in [0.15, 0.2) is 33.8 Å². The number of benzene rings is 1. The summed E-state index contributed by atoms with van der Waals surface area (Å²) in [5.41, 5.74) is 6.86. The van der Waals surface area contributed by atoms with Crippen LogP contribution in [0, 0.1) is 0 Å². The largest absolute Gasteiger partial charge is 0.370 e. The van der Waals surface area contributed by atoms with E-state index in [1.54, 1.807) is 12.1 Å². The minimum atomic E-state index is 0. The molecule has 0 aliphatic carbocycles. The number of aliphatic imine (C=N–C) groups is 1. The summed E-state index contributed by atoms with van der Waals surface area (Å²) in [6.45, 7) is 2.23. The molecule has 1 aliphatic rings. The molecular formula is C15H19ClIN5O. The molecule has 0 radical (unpaired) electrons. The van der Waals surface area contributed by atoms with Crippen LogP contribution in [-0.2, 0) is 6.54 Å². The summed E-state index contributed by atoms with van der Waals surface area (Å²) in [4.78, 5) is 10.8. The molecule has 3 rings (SSSR count). The third-order valence-electron chi connectivity index (χ3n) is 3.63. The third-order valence-corrected chi connectivity index (χ3v) is 3.88. The summed E-state index contributed by atoms with van der Waals surface area (Å²) in [5, 5.41) is 4.63. The van der Waals surface area contributed by atoms with Gasteiger partial charge < -0.3 is 15.2 Å². The Bertz CT molecular complexity index is 652. The van der Waals surface area contributed by atoms with E-state index in [4.69, 9.17) is 21.9 Å². The molecule has 6 nitrogen and oxygen atoms in total. The van der Waals surface area contributed by atoms with Gasteiger partial charge in [0.2, 0.25) is 11.7 Å². The molecule has 8 heteroatoms. The molecule has 0 unspecified atom stereocenters.